The molecule has 0 aromatic heterocycles. The van der Waals surface area contributed by atoms with E-state index in [2.05, 4.69) is 15.5 Å². The van der Waals surface area contributed by atoms with Gasteiger partial charge in [0.15, 0.2) is 0 Å². The zero-order valence-corrected chi connectivity index (χ0v) is 11.2. The number of hydrogen-bond acceptors (Lipinski definition) is 5. The maximum Gasteiger partial charge on any atom is 0.234 e. The van der Waals surface area contributed by atoms with Gasteiger partial charge in [-0.1, -0.05) is 0 Å². The number of ether oxygens (including phenoxy) is 1. The van der Waals surface area contributed by atoms with E-state index in [0.29, 0.717) is 26.2 Å². The van der Waals surface area contributed by atoms with Crippen molar-refractivity contribution in [1.82, 2.24) is 15.5 Å². The summed E-state index contributed by atoms with van der Waals surface area (Å²) >= 11 is 0. The molecule has 1 heterocycles. The largest absolute Gasteiger partial charge is 0.390 e. The van der Waals surface area contributed by atoms with Crippen LogP contribution in [-0.4, -0.2) is 75.0 Å². The maximum absolute atomic E-state index is 11.3. The zero-order valence-electron chi connectivity index (χ0n) is 11.2. The molecule has 3 N–H and O–H groups in total. The van der Waals surface area contributed by atoms with Gasteiger partial charge in [-0.25, -0.2) is 0 Å². The summed E-state index contributed by atoms with van der Waals surface area (Å²) in [5.74, 6) is -0.0691. The Kier molecular flexibility index (Phi) is 7.91. The van der Waals surface area contributed by atoms with E-state index in [4.69, 9.17) is 4.74 Å². The van der Waals surface area contributed by atoms with Gasteiger partial charge in [0.05, 0.1) is 19.3 Å². The van der Waals surface area contributed by atoms with Crippen LogP contribution in [0.3, 0.4) is 0 Å². The van der Waals surface area contributed by atoms with Crippen LogP contribution in [0.1, 0.15) is 12.8 Å². The SMILES string of the molecule is COCCNC(=O)CNCC(O)CN1CCCC1. The number of methoxy groups -OCH3 is 1. The van der Waals surface area contributed by atoms with Gasteiger partial charge in [-0.3, -0.25) is 4.79 Å². The van der Waals surface area contributed by atoms with Gasteiger partial charge in [-0.2, -0.15) is 0 Å². The summed E-state index contributed by atoms with van der Waals surface area (Å²) < 4.78 is 4.83. The Hall–Kier alpha value is -0.690. The number of likely N-dealkylation sites (tertiary alicyclic amines) is 1. The Morgan fingerprint density at radius 2 is 2.17 bits per heavy atom. The zero-order chi connectivity index (χ0) is 13.2. The van der Waals surface area contributed by atoms with Gasteiger partial charge in [-0.15, -0.1) is 0 Å². The average molecular weight is 259 g/mol. The van der Waals surface area contributed by atoms with Crippen molar-refractivity contribution in [1.29, 1.82) is 0 Å². The molecule has 0 aliphatic carbocycles. The number of hydrogen-bond donors (Lipinski definition) is 3. The third kappa shape index (κ3) is 6.90. The molecule has 18 heavy (non-hydrogen) atoms. The molecule has 6 heteroatoms. The lowest BCUT2D eigenvalue weighted by Crippen LogP contribution is -2.41. The van der Waals surface area contributed by atoms with Gasteiger partial charge in [0, 0.05) is 26.7 Å². The number of aliphatic hydroxyl groups excluding tert-OH is 1. The molecule has 1 aliphatic heterocycles. The molecule has 0 aromatic carbocycles. The van der Waals surface area contributed by atoms with Crippen molar-refractivity contribution >= 4 is 5.91 Å². The van der Waals surface area contributed by atoms with E-state index in [-0.39, 0.29) is 12.5 Å². The predicted molar refractivity (Wildman–Crippen MR) is 69.4 cm³/mol. The smallest absolute Gasteiger partial charge is 0.234 e. The Balaban J connectivity index is 1.97. The summed E-state index contributed by atoms with van der Waals surface area (Å²) in [7, 11) is 1.60. The molecule has 6 nitrogen and oxygen atoms in total. The minimum absolute atomic E-state index is 0.0691. The van der Waals surface area contributed by atoms with Crippen LogP contribution < -0.4 is 10.6 Å². The normalized spacial score (nSPS) is 17.9. The molecule has 1 saturated heterocycles. The topological polar surface area (TPSA) is 73.8 Å². The van der Waals surface area contributed by atoms with Crippen LogP contribution >= 0.6 is 0 Å². The lowest BCUT2D eigenvalue weighted by Gasteiger charge is -2.19. The number of nitrogens with one attached hydrogen (secondary N) is 2. The summed E-state index contributed by atoms with van der Waals surface area (Å²) in [5.41, 5.74) is 0. The minimum atomic E-state index is -0.408. The van der Waals surface area contributed by atoms with Gasteiger partial charge in [0.2, 0.25) is 5.91 Å². The van der Waals surface area contributed by atoms with E-state index in [0.717, 1.165) is 13.1 Å². The molecule has 1 rings (SSSR count). The van der Waals surface area contributed by atoms with Crippen LogP contribution in [0.25, 0.3) is 0 Å². The quantitative estimate of drug-likeness (QED) is 0.453. The molecule has 0 radical (unpaired) electrons. The lowest BCUT2D eigenvalue weighted by atomic mass is 10.3. The number of aliphatic hydroxyl groups is 1. The van der Waals surface area contributed by atoms with E-state index in [1.165, 1.54) is 12.8 Å². The highest BCUT2D eigenvalue weighted by molar-refractivity contribution is 5.77. The highest BCUT2D eigenvalue weighted by atomic mass is 16.5. The van der Waals surface area contributed by atoms with Gasteiger partial charge in [-0.05, 0) is 25.9 Å². The van der Waals surface area contributed by atoms with Gasteiger partial charge in [0.25, 0.3) is 0 Å². The van der Waals surface area contributed by atoms with E-state index in [9.17, 15) is 9.90 Å². The molecular formula is C12H25N3O3. The standard InChI is InChI=1S/C12H25N3O3/c1-18-7-4-14-12(17)9-13-8-11(16)10-15-5-2-3-6-15/h11,13,16H,2-10H2,1H3,(H,14,17). The fourth-order valence-electron chi connectivity index (χ4n) is 2.04. The van der Waals surface area contributed by atoms with E-state index in [1.807, 2.05) is 0 Å². The molecule has 0 spiro atoms. The number of β-amino-alcohol motifs (C(OH)–C–C–N with tert-alkyl or cyclic N) is 1. The van der Waals surface area contributed by atoms with Crippen molar-refractivity contribution in [2.45, 2.75) is 18.9 Å². The van der Waals surface area contributed by atoms with Gasteiger partial charge < -0.3 is 25.4 Å². The Bertz CT molecular complexity index is 233. The van der Waals surface area contributed by atoms with E-state index < -0.39 is 6.10 Å². The first-order valence-electron chi connectivity index (χ1n) is 6.59. The molecule has 0 saturated carbocycles. The third-order valence-electron chi connectivity index (χ3n) is 2.96. The molecule has 0 aromatic rings. The fraction of sp³-hybridized carbons (Fsp3) is 0.917. The monoisotopic (exact) mass is 259 g/mol. The van der Waals surface area contributed by atoms with Crippen LogP contribution in [0.4, 0.5) is 0 Å². The van der Waals surface area contributed by atoms with E-state index in [1.54, 1.807) is 7.11 Å². The second-order valence-corrected chi connectivity index (χ2v) is 4.64. The Morgan fingerprint density at radius 3 is 2.83 bits per heavy atom. The lowest BCUT2D eigenvalue weighted by molar-refractivity contribution is -0.120. The summed E-state index contributed by atoms with van der Waals surface area (Å²) in [5, 5.41) is 15.4. The molecule has 106 valence electrons. The van der Waals surface area contributed by atoms with Crippen molar-refractivity contribution in [3.8, 4) is 0 Å². The average Bonchev–Trinajstić information content (AvgIpc) is 2.82. The second kappa shape index (κ2) is 9.27. The van der Waals surface area contributed by atoms with Crippen molar-refractivity contribution < 1.29 is 14.6 Å². The van der Waals surface area contributed by atoms with Crippen LogP contribution in [0.15, 0.2) is 0 Å². The first-order chi connectivity index (χ1) is 8.72. The first-order valence-corrected chi connectivity index (χ1v) is 6.59. The summed E-state index contributed by atoms with van der Waals surface area (Å²) in [6.07, 6.45) is 2.04. The third-order valence-corrected chi connectivity index (χ3v) is 2.96. The minimum Gasteiger partial charge on any atom is -0.390 e. The number of carbonyl (C=O) groups is 1. The number of amides is 1. The Morgan fingerprint density at radius 1 is 1.44 bits per heavy atom. The molecule has 1 amide bonds. The van der Waals surface area contributed by atoms with Crippen molar-refractivity contribution in [3.05, 3.63) is 0 Å². The molecular weight excluding hydrogens is 234 g/mol. The summed E-state index contributed by atoms with van der Waals surface area (Å²) in [6.45, 7) is 4.58. The van der Waals surface area contributed by atoms with Crippen LogP contribution in [0.5, 0.6) is 0 Å². The first kappa shape index (κ1) is 15.4. The van der Waals surface area contributed by atoms with Crippen molar-refractivity contribution in [3.63, 3.8) is 0 Å². The van der Waals surface area contributed by atoms with Crippen molar-refractivity contribution in [2.75, 3.05) is 53.0 Å². The molecule has 1 fully saturated rings. The Labute approximate surface area is 109 Å². The molecule has 1 atom stereocenters. The molecule has 1 unspecified atom stereocenters. The van der Waals surface area contributed by atoms with Crippen LogP contribution in [0, 0.1) is 0 Å². The molecule has 0 bridgehead atoms. The summed E-state index contributed by atoms with van der Waals surface area (Å²) in [6, 6.07) is 0. The number of carbonyl (C=O) groups excluding carboxylic acids is 1. The van der Waals surface area contributed by atoms with Gasteiger partial charge in [0.1, 0.15) is 0 Å². The maximum atomic E-state index is 11.3. The summed E-state index contributed by atoms with van der Waals surface area (Å²) in [4.78, 5) is 13.6. The second-order valence-electron chi connectivity index (χ2n) is 4.64. The van der Waals surface area contributed by atoms with Gasteiger partial charge >= 0.3 is 0 Å². The van der Waals surface area contributed by atoms with Crippen LogP contribution in [0.2, 0.25) is 0 Å². The number of nitrogens with zero attached hydrogens (tertiary/aromatic N) is 1. The predicted octanol–water partition coefficient (Wildman–Crippen LogP) is -1.20. The molecule has 1 aliphatic rings. The van der Waals surface area contributed by atoms with Crippen LogP contribution in [-0.2, 0) is 9.53 Å². The number of rotatable bonds is 9. The van der Waals surface area contributed by atoms with Crippen molar-refractivity contribution in [2.24, 2.45) is 0 Å². The fourth-order valence-corrected chi connectivity index (χ4v) is 2.04. The van der Waals surface area contributed by atoms with E-state index >= 15 is 0 Å². The highest BCUT2D eigenvalue weighted by Crippen LogP contribution is 2.07. The highest BCUT2D eigenvalue weighted by Gasteiger charge is 2.15.